The quantitative estimate of drug-likeness (QED) is 0.271. The molecule has 0 amide bonds. The SMILES string of the molecule is C1=CCC2C(=C1)C1(CCCCC1)C1C=C3C(CC21)c1cc(-c2nc(C4=CCCC=C4)nc(-c4ccccc4)n2)ccc1C31CCCCC1. The number of rotatable bonds is 3. The number of allylic oxidation sites excluding steroid dienone is 10. The third kappa shape index (κ3) is 4.35. The van der Waals surface area contributed by atoms with E-state index in [2.05, 4.69) is 91.1 Å². The predicted molar refractivity (Wildman–Crippen MR) is 195 cm³/mol. The largest absolute Gasteiger partial charge is 0.208 e. The molecule has 3 heteroatoms. The molecular formula is C45H47N3. The van der Waals surface area contributed by atoms with E-state index >= 15 is 0 Å². The Bertz CT molecular complexity index is 1910. The second-order valence-corrected chi connectivity index (χ2v) is 16.0. The van der Waals surface area contributed by atoms with Crippen LogP contribution in [0.3, 0.4) is 0 Å². The Morgan fingerprint density at radius 3 is 2.25 bits per heavy atom. The molecule has 0 bridgehead atoms. The molecule has 242 valence electrons. The van der Waals surface area contributed by atoms with Crippen molar-refractivity contribution in [3.8, 4) is 22.8 Å². The molecule has 3 aromatic rings. The lowest BCUT2D eigenvalue weighted by Crippen LogP contribution is -2.36. The number of hydrogen-bond donors (Lipinski definition) is 0. The Morgan fingerprint density at radius 2 is 1.46 bits per heavy atom. The normalized spacial score (nSPS) is 29.0. The Labute approximate surface area is 286 Å². The topological polar surface area (TPSA) is 38.7 Å². The molecule has 2 aromatic carbocycles. The Hall–Kier alpha value is -3.85. The van der Waals surface area contributed by atoms with Crippen molar-refractivity contribution in [3.05, 3.63) is 119 Å². The fourth-order valence-electron chi connectivity index (χ4n) is 11.8. The molecule has 48 heavy (non-hydrogen) atoms. The van der Waals surface area contributed by atoms with Crippen LogP contribution in [0.4, 0.5) is 0 Å². The van der Waals surface area contributed by atoms with Gasteiger partial charge in [-0.1, -0.05) is 135 Å². The average molecular weight is 630 g/mol. The van der Waals surface area contributed by atoms with Gasteiger partial charge in [-0.05, 0) is 91.7 Å². The van der Waals surface area contributed by atoms with Gasteiger partial charge < -0.3 is 0 Å². The molecule has 0 aliphatic heterocycles. The van der Waals surface area contributed by atoms with Crippen LogP contribution in [0.1, 0.15) is 113 Å². The third-order valence-corrected chi connectivity index (χ3v) is 13.8. The number of benzene rings is 2. The van der Waals surface area contributed by atoms with E-state index in [0.717, 1.165) is 58.9 Å². The van der Waals surface area contributed by atoms with Crippen LogP contribution in [0.2, 0.25) is 0 Å². The van der Waals surface area contributed by atoms with Crippen molar-refractivity contribution in [1.29, 1.82) is 0 Å². The van der Waals surface area contributed by atoms with E-state index in [9.17, 15) is 0 Å². The molecule has 1 aromatic heterocycles. The summed E-state index contributed by atoms with van der Waals surface area (Å²) in [6, 6.07) is 17.8. The van der Waals surface area contributed by atoms with Gasteiger partial charge >= 0.3 is 0 Å². The minimum atomic E-state index is 0.217. The van der Waals surface area contributed by atoms with Crippen molar-refractivity contribution >= 4 is 5.57 Å². The lowest BCUT2D eigenvalue weighted by atomic mass is 9.59. The molecule has 7 aliphatic carbocycles. The van der Waals surface area contributed by atoms with Crippen molar-refractivity contribution in [2.24, 2.45) is 23.2 Å². The Balaban J connectivity index is 1.11. The zero-order chi connectivity index (χ0) is 31.7. The standard InChI is InChI=1S/C45H47N3/c1-5-15-30(16-6-1)41-46-42(31-17-7-2-8-18-31)48-43(47-41)32-21-22-38-34(27-32)36-28-35-33-19-9-10-20-37(33)44(23-11-3-12-24-44)39(35)29-40(36)45(38)25-13-4-14-26-45/h1,5-7,9-10,15-18,20-22,27,29,33,35-36,39H,2-4,8,11-14,19,23-26,28H2. The summed E-state index contributed by atoms with van der Waals surface area (Å²) < 4.78 is 0. The molecule has 4 unspecified atom stereocenters. The van der Waals surface area contributed by atoms with E-state index in [-0.39, 0.29) is 5.41 Å². The summed E-state index contributed by atoms with van der Waals surface area (Å²) in [4.78, 5) is 15.4. The maximum absolute atomic E-state index is 5.18. The Morgan fingerprint density at radius 1 is 0.688 bits per heavy atom. The van der Waals surface area contributed by atoms with Crippen LogP contribution in [0.25, 0.3) is 28.3 Å². The first-order valence-corrected chi connectivity index (χ1v) is 19.2. The lowest BCUT2D eigenvalue weighted by molar-refractivity contribution is 0.154. The van der Waals surface area contributed by atoms with E-state index in [1.165, 1.54) is 77.0 Å². The van der Waals surface area contributed by atoms with Crippen LogP contribution in [-0.4, -0.2) is 15.0 Å². The molecule has 0 radical (unpaired) electrons. The minimum Gasteiger partial charge on any atom is -0.208 e. The first kappa shape index (κ1) is 29.1. The molecular weight excluding hydrogens is 583 g/mol. The monoisotopic (exact) mass is 629 g/mol. The summed E-state index contributed by atoms with van der Waals surface area (Å²) in [6.07, 6.45) is 35.5. The van der Waals surface area contributed by atoms with Crippen molar-refractivity contribution in [1.82, 2.24) is 15.0 Å². The van der Waals surface area contributed by atoms with E-state index in [1.807, 2.05) is 11.1 Å². The second-order valence-electron chi connectivity index (χ2n) is 16.0. The van der Waals surface area contributed by atoms with Crippen molar-refractivity contribution in [3.63, 3.8) is 0 Å². The highest BCUT2D eigenvalue weighted by Gasteiger charge is 2.60. The molecule has 4 atom stereocenters. The molecule has 1 heterocycles. The van der Waals surface area contributed by atoms with Gasteiger partial charge in [0.15, 0.2) is 17.5 Å². The van der Waals surface area contributed by atoms with E-state index in [1.54, 1.807) is 11.1 Å². The third-order valence-electron chi connectivity index (χ3n) is 13.8. The number of aromatic nitrogens is 3. The highest BCUT2D eigenvalue weighted by Crippen LogP contribution is 2.70. The highest BCUT2D eigenvalue weighted by atomic mass is 15.0. The molecule has 0 N–H and O–H groups in total. The van der Waals surface area contributed by atoms with Gasteiger partial charge in [0.25, 0.3) is 0 Å². The van der Waals surface area contributed by atoms with Crippen molar-refractivity contribution in [2.45, 2.75) is 101 Å². The first-order valence-electron chi connectivity index (χ1n) is 19.2. The number of hydrogen-bond acceptors (Lipinski definition) is 3. The Kier molecular flexibility index (Phi) is 6.89. The molecule has 2 spiro atoms. The van der Waals surface area contributed by atoms with Crippen LogP contribution in [-0.2, 0) is 5.41 Å². The zero-order valence-electron chi connectivity index (χ0n) is 28.2. The summed E-state index contributed by atoms with van der Waals surface area (Å²) in [5.74, 6) is 5.05. The maximum atomic E-state index is 5.18. The number of nitrogens with zero attached hydrogens (tertiary/aromatic N) is 3. The van der Waals surface area contributed by atoms with Gasteiger partial charge in [-0.2, -0.15) is 0 Å². The van der Waals surface area contributed by atoms with Crippen molar-refractivity contribution < 1.29 is 0 Å². The molecule has 0 saturated heterocycles. The molecule has 10 rings (SSSR count). The predicted octanol–water partition coefficient (Wildman–Crippen LogP) is 11.3. The van der Waals surface area contributed by atoms with E-state index in [0.29, 0.717) is 17.3 Å². The van der Waals surface area contributed by atoms with Gasteiger partial charge in [0.2, 0.25) is 0 Å². The molecule has 3 nitrogen and oxygen atoms in total. The fraction of sp³-hybridized carbons (Fsp3) is 0.444. The summed E-state index contributed by atoms with van der Waals surface area (Å²) >= 11 is 0. The van der Waals surface area contributed by atoms with Crippen LogP contribution in [0.15, 0.2) is 102 Å². The average Bonchev–Trinajstić information content (AvgIpc) is 3.57. The highest BCUT2D eigenvalue weighted by molar-refractivity contribution is 5.74. The van der Waals surface area contributed by atoms with Crippen LogP contribution < -0.4 is 0 Å². The molecule has 7 aliphatic rings. The smallest absolute Gasteiger partial charge is 0.164 e. The zero-order valence-corrected chi connectivity index (χ0v) is 28.2. The summed E-state index contributed by atoms with van der Waals surface area (Å²) in [6.45, 7) is 0. The van der Waals surface area contributed by atoms with Gasteiger partial charge in [0.05, 0.1) is 0 Å². The second kappa shape index (κ2) is 11.4. The number of fused-ring (bicyclic) bond motifs is 10. The van der Waals surface area contributed by atoms with Gasteiger partial charge in [0, 0.05) is 28.0 Å². The fourth-order valence-corrected chi connectivity index (χ4v) is 11.8. The van der Waals surface area contributed by atoms with Crippen molar-refractivity contribution in [2.75, 3.05) is 0 Å². The van der Waals surface area contributed by atoms with E-state index in [4.69, 9.17) is 15.0 Å². The van der Waals surface area contributed by atoms with Gasteiger partial charge in [-0.3, -0.25) is 0 Å². The minimum absolute atomic E-state index is 0.217. The van der Waals surface area contributed by atoms with Crippen LogP contribution in [0.5, 0.6) is 0 Å². The van der Waals surface area contributed by atoms with Crippen LogP contribution >= 0.6 is 0 Å². The lowest BCUT2D eigenvalue weighted by Gasteiger charge is -2.45. The van der Waals surface area contributed by atoms with Gasteiger partial charge in [-0.15, -0.1) is 0 Å². The van der Waals surface area contributed by atoms with E-state index < -0.39 is 0 Å². The maximum Gasteiger partial charge on any atom is 0.164 e. The van der Waals surface area contributed by atoms with Gasteiger partial charge in [-0.25, -0.2) is 15.0 Å². The molecule has 3 fully saturated rings. The first-order chi connectivity index (χ1) is 23.7. The summed E-state index contributed by atoms with van der Waals surface area (Å²) in [5.41, 5.74) is 10.8. The summed E-state index contributed by atoms with van der Waals surface area (Å²) in [5, 5.41) is 0. The molecule has 3 saturated carbocycles. The summed E-state index contributed by atoms with van der Waals surface area (Å²) in [7, 11) is 0. The van der Waals surface area contributed by atoms with Crippen LogP contribution in [0, 0.1) is 23.2 Å². The van der Waals surface area contributed by atoms with Gasteiger partial charge in [0.1, 0.15) is 0 Å².